The summed E-state index contributed by atoms with van der Waals surface area (Å²) in [6.45, 7) is 3.67. The number of ketones is 1. The molecule has 76 valence electrons. The Morgan fingerprint density at radius 2 is 2.21 bits per heavy atom. The lowest BCUT2D eigenvalue weighted by Gasteiger charge is -2.09. The lowest BCUT2D eigenvalue weighted by Crippen LogP contribution is -2.07. The Balaban J connectivity index is 2.96. The minimum absolute atomic E-state index is 0.156. The molecule has 3 heteroatoms. The van der Waals surface area contributed by atoms with Crippen molar-refractivity contribution in [2.45, 2.75) is 26.2 Å². The Morgan fingerprint density at radius 3 is 2.71 bits per heavy atom. The van der Waals surface area contributed by atoms with Gasteiger partial charge >= 0.3 is 0 Å². The molecule has 0 saturated heterocycles. The number of Topliss-reactive ketones (excluding diaryl/α,β-unsaturated/α-hetero) is 1. The number of rotatable bonds is 3. The summed E-state index contributed by atoms with van der Waals surface area (Å²) in [5, 5.41) is 0. The second-order valence-corrected chi connectivity index (χ2v) is 4.07. The van der Waals surface area contributed by atoms with Crippen LogP contribution in [0.15, 0.2) is 22.7 Å². The Kier molecular flexibility index (Phi) is 3.81. The van der Waals surface area contributed by atoms with Crippen LogP contribution in [0.5, 0.6) is 0 Å². The van der Waals surface area contributed by atoms with Gasteiger partial charge in [0, 0.05) is 12.3 Å². The first-order valence-electron chi connectivity index (χ1n) is 4.54. The molecule has 0 bridgehead atoms. The highest BCUT2D eigenvalue weighted by molar-refractivity contribution is 9.10. The van der Waals surface area contributed by atoms with E-state index in [1.54, 1.807) is 12.1 Å². The third-order valence-corrected chi connectivity index (χ3v) is 2.88. The van der Waals surface area contributed by atoms with Crippen LogP contribution in [0.2, 0.25) is 0 Å². The average molecular weight is 259 g/mol. The number of hydrogen-bond acceptors (Lipinski definition) is 1. The molecule has 0 aliphatic heterocycles. The number of hydrogen-bond donors (Lipinski definition) is 0. The van der Waals surface area contributed by atoms with Crippen LogP contribution >= 0.6 is 15.9 Å². The topological polar surface area (TPSA) is 17.1 Å². The minimum Gasteiger partial charge on any atom is -0.299 e. The van der Waals surface area contributed by atoms with Crippen LogP contribution in [0, 0.1) is 5.82 Å². The van der Waals surface area contributed by atoms with Crippen LogP contribution < -0.4 is 0 Å². The van der Waals surface area contributed by atoms with Gasteiger partial charge in [-0.05, 0) is 33.6 Å². The molecule has 0 heterocycles. The zero-order valence-electron chi connectivity index (χ0n) is 8.18. The summed E-state index contributed by atoms with van der Waals surface area (Å²) in [4.78, 5) is 11.4. The normalized spacial score (nSPS) is 12.6. The molecule has 0 fully saturated rings. The van der Waals surface area contributed by atoms with Crippen LogP contribution in [0.4, 0.5) is 4.39 Å². The third-order valence-electron chi connectivity index (χ3n) is 2.28. The lowest BCUT2D eigenvalue weighted by molar-refractivity contribution is -0.119. The number of carbonyl (C=O) groups is 1. The van der Waals surface area contributed by atoms with E-state index in [9.17, 15) is 9.18 Å². The molecule has 1 atom stereocenters. The first kappa shape index (κ1) is 11.4. The van der Waals surface area contributed by atoms with E-state index in [1.807, 2.05) is 13.8 Å². The molecule has 0 aliphatic carbocycles. The number of carbonyl (C=O) groups excluding carboxylic acids is 1. The first-order valence-corrected chi connectivity index (χ1v) is 5.33. The predicted octanol–water partition coefficient (Wildman–Crippen LogP) is 3.67. The molecule has 0 spiro atoms. The van der Waals surface area contributed by atoms with Crippen LogP contribution in [0.1, 0.15) is 31.7 Å². The van der Waals surface area contributed by atoms with E-state index in [1.165, 1.54) is 6.07 Å². The summed E-state index contributed by atoms with van der Waals surface area (Å²) in [5.41, 5.74) is 0.852. The van der Waals surface area contributed by atoms with Crippen molar-refractivity contribution in [3.8, 4) is 0 Å². The molecule has 0 radical (unpaired) electrons. The summed E-state index contributed by atoms with van der Waals surface area (Å²) in [6.07, 6.45) is 0.510. The van der Waals surface area contributed by atoms with Gasteiger partial charge in [-0.15, -0.1) is 0 Å². The van der Waals surface area contributed by atoms with Crippen molar-refractivity contribution in [2.24, 2.45) is 0 Å². The zero-order valence-corrected chi connectivity index (χ0v) is 9.77. The predicted molar refractivity (Wildman–Crippen MR) is 57.8 cm³/mol. The molecule has 0 aliphatic rings. The fourth-order valence-corrected chi connectivity index (χ4v) is 1.67. The summed E-state index contributed by atoms with van der Waals surface area (Å²) >= 11 is 3.10. The van der Waals surface area contributed by atoms with Crippen molar-refractivity contribution >= 4 is 21.7 Å². The van der Waals surface area contributed by atoms with Crippen molar-refractivity contribution in [3.05, 3.63) is 34.1 Å². The van der Waals surface area contributed by atoms with Gasteiger partial charge in [-0.2, -0.15) is 0 Å². The average Bonchev–Trinajstić information content (AvgIpc) is 2.20. The number of halogens is 2. The van der Waals surface area contributed by atoms with E-state index < -0.39 is 0 Å². The summed E-state index contributed by atoms with van der Waals surface area (Å²) in [7, 11) is 0. The van der Waals surface area contributed by atoms with Crippen molar-refractivity contribution in [1.82, 2.24) is 0 Å². The highest BCUT2D eigenvalue weighted by atomic mass is 79.9. The van der Waals surface area contributed by atoms with E-state index in [4.69, 9.17) is 0 Å². The molecule has 0 saturated carbocycles. The van der Waals surface area contributed by atoms with E-state index in [-0.39, 0.29) is 17.5 Å². The van der Waals surface area contributed by atoms with Gasteiger partial charge in [0.05, 0.1) is 4.47 Å². The van der Waals surface area contributed by atoms with Gasteiger partial charge in [-0.3, -0.25) is 4.79 Å². The smallest absolute Gasteiger partial charge is 0.139 e. The fraction of sp³-hybridized carbons (Fsp3) is 0.364. The van der Waals surface area contributed by atoms with E-state index in [0.29, 0.717) is 10.9 Å². The van der Waals surface area contributed by atoms with E-state index >= 15 is 0 Å². The van der Waals surface area contributed by atoms with Crippen LogP contribution in [0.25, 0.3) is 0 Å². The largest absolute Gasteiger partial charge is 0.299 e. The standard InChI is InChI=1S/C11H12BrFO/c1-3-11(14)7(2)8-4-5-10(13)9(12)6-8/h4-7H,3H2,1-2H3. The Bertz CT molecular complexity index is 349. The van der Waals surface area contributed by atoms with Crippen LogP contribution in [-0.4, -0.2) is 5.78 Å². The minimum atomic E-state index is -0.301. The molecule has 14 heavy (non-hydrogen) atoms. The van der Waals surface area contributed by atoms with Crippen molar-refractivity contribution < 1.29 is 9.18 Å². The lowest BCUT2D eigenvalue weighted by atomic mass is 9.95. The zero-order chi connectivity index (χ0) is 10.7. The van der Waals surface area contributed by atoms with Gasteiger partial charge in [0.1, 0.15) is 11.6 Å². The van der Waals surface area contributed by atoms with Crippen molar-refractivity contribution in [3.63, 3.8) is 0 Å². The van der Waals surface area contributed by atoms with Gasteiger partial charge in [-0.25, -0.2) is 4.39 Å². The fourth-order valence-electron chi connectivity index (χ4n) is 1.27. The molecule has 1 aromatic rings. The third kappa shape index (κ3) is 2.41. The van der Waals surface area contributed by atoms with Crippen LogP contribution in [0.3, 0.4) is 0 Å². The van der Waals surface area contributed by atoms with E-state index in [2.05, 4.69) is 15.9 Å². The molecular weight excluding hydrogens is 247 g/mol. The molecule has 0 aromatic heterocycles. The van der Waals surface area contributed by atoms with Gasteiger partial charge in [-0.1, -0.05) is 19.9 Å². The summed E-state index contributed by atoms with van der Waals surface area (Å²) < 4.78 is 13.3. The Labute approximate surface area is 91.5 Å². The van der Waals surface area contributed by atoms with Gasteiger partial charge in [0.2, 0.25) is 0 Å². The Hall–Kier alpha value is -0.700. The van der Waals surface area contributed by atoms with Gasteiger partial charge < -0.3 is 0 Å². The monoisotopic (exact) mass is 258 g/mol. The van der Waals surface area contributed by atoms with Crippen LogP contribution in [-0.2, 0) is 4.79 Å². The molecule has 1 rings (SSSR count). The Morgan fingerprint density at radius 1 is 1.57 bits per heavy atom. The summed E-state index contributed by atoms with van der Waals surface area (Å²) in [6, 6.07) is 4.69. The maximum atomic E-state index is 12.9. The maximum absolute atomic E-state index is 12.9. The molecular formula is C11H12BrFO. The molecule has 1 nitrogen and oxygen atoms in total. The number of benzene rings is 1. The highest BCUT2D eigenvalue weighted by Gasteiger charge is 2.14. The molecule has 0 N–H and O–H groups in total. The maximum Gasteiger partial charge on any atom is 0.139 e. The van der Waals surface area contributed by atoms with E-state index in [0.717, 1.165) is 5.56 Å². The molecule has 1 unspecified atom stereocenters. The van der Waals surface area contributed by atoms with Gasteiger partial charge in [0.15, 0.2) is 0 Å². The molecule has 1 aromatic carbocycles. The first-order chi connectivity index (χ1) is 6.56. The van der Waals surface area contributed by atoms with Crippen molar-refractivity contribution in [1.29, 1.82) is 0 Å². The van der Waals surface area contributed by atoms with Gasteiger partial charge in [0.25, 0.3) is 0 Å². The summed E-state index contributed by atoms with van der Waals surface area (Å²) in [5.74, 6) is -0.287. The quantitative estimate of drug-likeness (QED) is 0.809. The highest BCUT2D eigenvalue weighted by Crippen LogP contribution is 2.23. The van der Waals surface area contributed by atoms with Crippen molar-refractivity contribution in [2.75, 3.05) is 0 Å². The second-order valence-electron chi connectivity index (χ2n) is 3.22. The molecule has 0 amide bonds. The second kappa shape index (κ2) is 4.69. The SMILES string of the molecule is CCC(=O)C(C)c1ccc(F)c(Br)c1.